The molecule has 2 aromatic carbocycles. The van der Waals surface area contributed by atoms with E-state index in [9.17, 15) is 0 Å². The van der Waals surface area contributed by atoms with Gasteiger partial charge in [-0.1, -0.05) is 48.6 Å². The number of hydrogen-bond acceptors (Lipinski definition) is 5. The van der Waals surface area contributed by atoms with Crippen molar-refractivity contribution in [1.82, 2.24) is 14.9 Å². The molecule has 43 heavy (non-hydrogen) atoms. The molecule has 2 heterocycles. The van der Waals surface area contributed by atoms with E-state index in [1.165, 1.54) is 11.3 Å². The Morgan fingerprint density at radius 1 is 0.674 bits per heavy atom. The predicted molar refractivity (Wildman–Crippen MR) is 161 cm³/mol. The second kappa shape index (κ2) is 24.5. The Morgan fingerprint density at radius 3 is 1.56 bits per heavy atom. The fourth-order valence-electron chi connectivity index (χ4n) is 3.88. The molecule has 0 aliphatic heterocycles. The first kappa shape index (κ1) is 38.9. The molecule has 0 saturated heterocycles. The number of benzene rings is 2. The van der Waals surface area contributed by atoms with E-state index in [0.717, 1.165) is 48.8 Å². The van der Waals surface area contributed by atoms with E-state index < -0.39 is 0 Å². The van der Waals surface area contributed by atoms with E-state index in [1.54, 1.807) is 0 Å². The third-order valence-corrected chi connectivity index (χ3v) is 5.87. The van der Waals surface area contributed by atoms with Crippen LogP contribution in [-0.2, 0) is 47.2 Å². The molecule has 0 bridgehead atoms. The number of anilines is 1. The number of aromatic nitrogens is 2. The summed E-state index contributed by atoms with van der Waals surface area (Å²) in [6.45, 7) is 16.6. The molecule has 0 amide bonds. The summed E-state index contributed by atoms with van der Waals surface area (Å²) in [4.78, 5) is 13.4. The van der Waals surface area contributed by atoms with Gasteiger partial charge in [0.1, 0.15) is 5.75 Å². The van der Waals surface area contributed by atoms with Gasteiger partial charge in [0.2, 0.25) is 0 Å². The second-order valence-electron chi connectivity index (χ2n) is 8.94. The molecule has 4 rings (SSSR count). The average Bonchev–Trinajstić information content (AvgIpc) is 3.06. The molecule has 0 saturated carbocycles. The Morgan fingerprint density at radius 2 is 1.14 bits per heavy atom. The SMILES string of the molecule is CN(C)c1ccc(/C=C/c2ccc(OCCCN(Cc3ccccn3)Cc3ccccn3)cc2)cc1.[99Tc].[C-]#[O+].[C-]#[O+].[C-]#[O+]. The molecule has 8 nitrogen and oxygen atoms in total. The predicted octanol–water partition coefficient (Wildman–Crippen LogP) is 6.07. The van der Waals surface area contributed by atoms with Gasteiger partial charge in [-0.05, 0) is 66.1 Å². The van der Waals surface area contributed by atoms with Gasteiger partial charge in [0.05, 0.1) is 18.0 Å². The number of nitrogens with zero attached hydrogens (tertiary/aromatic N) is 4. The molecule has 1 radical (unpaired) electrons. The summed E-state index contributed by atoms with van der Waals surface area (Å²) in [6.07, 6.45) is 8.87. The standard InChI is InChI=1S/C31H34N4O.3CO.Tc/c1-34(2)30-16-12-26(13-17-30)10-11-27-14-18-31(19-15-27)36-23-7-22-35(24-28-8-3-5-20-32-28)25-29-9-4-6-21-33-29;3*1-2;/h3-6,8-21H,7,22-25H2,1-2H3;;;;/b11-10+;;;;/i;;;;1+1. The van der Waals surface area contributed by atoms with E-state index in [4.69, 9.17) is 18.7 Å². The molecule has 0 unspecified atom stereocenters. The van der Waals surface area contributed by atoms with Gasteiger partial charge in [0.15, 0.2) is 0 Å². The zero-order valence-corrected chi connectivity index (χ0v) is 26.1. The van der Waals surface area contributed by atoms with Crippen LogP contribution in [0, 0.1) is 20.0 Å². The van der Waals surface area contributed by atoms with E-state index in [2.05, 4.69) is 114 Å². The number of ether oxygens (including phenoxy) is 1. The van der Waals surface area contributed by atoms with Gasteiger partial charge in [0.25, 0.3) is 0 Å². The monoisotopic (exact) mass is 661 g/mol. The molecule has 221 valence electrons. The van der Waals surface area contributed by atoms with Crippen molar-refractivity contribution in [3.8, 4) is 5.75 Å². The molecule has 4 aromatic rings. The minimum absolute atomic E-state index is 0. The van der Waals surface area contributed by atoms with Crippen molar-refractivity contribution >= 4 is 17.8 Å². The van der Waals surface area contributed by atoms with E-state index in [1.807, 2.05) is 48.8 Å². The van der Waals surface area contributed by atoms with Gasteiger partial charge < -0.3 is 9.64 Å². The molecular weight excluding hydrogens is 627 g/mol. The second-order valence-corrected chi connectivity index (χ2v) is 8.94. The van der Waals surface area contributed by atoms with Crippen molar-refractivity contribution in [2.45, 2.75) is 19.5 Å². The van der Waals surface area contributed by atoms with Crippen molar-refractivity contribution in [3.05, 3.63) is 140 Å². The number of pyridine rings is 2. The van der Waals surface area contributed by atoms with Gasteiger partial charge >= 0.3 is 33.9 Å². The molecule has 0 atom stereocenters. The van der Waals surface area contributed by atoms with Crippen LogP contribution < -0.4 is 9.64 Å². The fraction of sp³-hybridized carbons (Fsp3) is 0.206. The van der Waals surface area contributed by atoms with Crippen LogP contribution in [0.2, 0.25) is 0 Å². The number of hydrogen-bond donors (Lipinski definition) is 0. The van der Waals surface area contributed by atoms with Crippen LogP contribution in [0.3, 0.4) is 0 Å². The van der Waals surface area contributed by atoms with Crippen LogP contribution in [0.5, 0.6) is 5.75 Å². The quantitative estimate of drug-likeness (QED) is 0.0795. The van der Waals surface area contributed by atoms with Crippen molar-refractivity contribution < 1.29 is 38.8 Å². The van der Waals surface area contributed by atoms with Crippen molar-refractivity contribution in [2.24, 2.45) is 0 Å². The summed E-state index contributed by atoms with van der Waals surface area (Å²) in [6, 6.07) is 28.9. The van der Waals surface area contributed by atoms with Crippen LogP contribution in [-0.4, -0.2) is 42.1 Å². The van der Waals surface area contributed by atoms with E-state index >= 15 is 0 Å². The maximum absolute atomic E-state index is 7.50. The Kier molecular flexibility index (Phi) is 22.2. The van der Waals surface area contributed by atoms with E-state index in [0.29, 0.717) is 6.61 Å². The Balaban J connectivity index is 0.00000237. The first-order valence-corrected chi connectivity index (χ1v) is 13.0. The Bertz CT molecular complexity index is 1290. The van der Waals surface area contributed by atoms with Crippen LogP contribution >= 0.6 is 0 Å². The van der Waals surface area contributed by atoms with E-state index in [-0.39, 0.29) is 20.1 Å². The first-order chi connectivity index (χ1) is 20.7. The fourth-order valence-corrected chi connectivity index (χ4v) is 3.88. The zero-order chi connectivity index (χ0) is 31.0. The minimum atomic E-state index is 0. The van der Waals surface area contributed by atoms with Crippen molar-refractivity contribution in [3.63, 3.8) is 0 Å². The molecule has 0 fully saturated rings. The van der Waals surface area contributed by atoms with Gasteiger partial charge in [0, 0.05) is 71.9 Å². The van der Waals surface area contributed by atoms with Crippen molar-refractivity contribution in [1.29, 1.82) is 0 Å². The summed E-state index contributed by atoms with van der Waals surface area (Å²) in [5.41, 5.74) is 5.65. The molecule has 0 spiro atoms. The molecule has 0 N–H and O–H groups in total. The van der Waals surface area contributed by atoms with Crippen LogP contribution in [0.4, 0.5) is 5.69 Å². The topological polar surface area (TPSA) is 101 Å². The summed E-state index contributed by atoms with van der Waals surface area (Å²) in [5.74, 6) is 0.892. The third kappa shape index (κ3) is 15.6. The molecule has 0 aliphatic rings. The Hall–Kier alpha value is -4.09. The van der Waals surface area contributed by atoms with Gasteiger partial charge in [-0.25, -0.2) is 0 Å². The van der Waals surface area contributed by atoms with Gasteiger partial charge in [-0.15, -0.1) is 0 Å². The van der Waals surface area contributed by atoms with Crippen molar-refractivity contribution in [2.75, 3.05) is 32.1 Å². The molecular formula is C34H34N4O4Tc. The Labute approximate surface area is 268 Å². The summed E-state index contributed by atoms with van der Waals surface area (Å²) in [5, 5.41) is 0. The van der Waals surface area contributed by atoms with Crippen LogP contribution in [0.1, 0.15) is 28.9 Å². The molecule has 0 aliphatic carbocycles. The molecule has 2 aromatic heterocycles. The van der Waals surface area contributed by atoms with Gasteiger partial charge in [-0.2, -0.15) is 0 Å². The summed E-state index contributed by atoms with van der Waals surface area (Å²) >= 11 is 0. The third-order valence-electron chi connectivity index (χ3n) is 5.87. The van der Waals surface area contributed by atoms with Gasteiger partial charge in [-0.3, -0.25) is 14.9 Å². The maximum atomic E-state index is 7.50. The summed E-state index contributed by atoms with van der Waals surface area (Å²) < 4.78 is 28.5. The van der Waals surface area contributed by atoms with Crippen LogP contribution in [0.25, 0.3) is 12.2 Å². The zero-order valence-electron chi connectivity index (χ0n) is 24.2. The molecule has 9 heteroatoms. The summed E-state index contributed by atoms with van der Waals surface area (Å²) in [7, 11) is 4.10. The normalized spacial score (nSPS) is 9.51. The van der Waals surface area contributed by atoms with Crippen LogP contribution in [0.15, 0.2) is 97.3 Å². The number of rotatable bonds is 12. The average molecular weight is 662 g/mol. The first-order valence-electron chi connectivity index (χ1n) is 13.0.